The quantitative estimate of drug-likeness (QED) is 0.866. The molecule has 4 heteroatoms. The molecule has 2 rings (SSSR count). The highest BCUT2D eigenvalue weighted by molar-refractivity contribution is 5.87. The van der Waals surface area contributed by atoms with Gasteiger partial charge in [-0.05, 0) is 29.7 Å². The van der Waals surface area contributed by atoms with E-state index in [-0.39, 0.29) is 5.56 Å². The summed E-state index contributed by atoms with van der Waals surface area (Å²) in [6, 6.07) is 10.2. The van der Waals surface area contributed by atoms with Crippen LogP contribution in [0.4, 0.5) is 13.2 Å². The van der Waals surface area contributed by atoms with Gasteiger partial charge in [0.15, 0.2) is 5.60 Å². The molecule has 0 fully saturated rings. The van der Waals surface area contributed by atoms with Crippen LogP contribution in [0.3, 0.4) is 0 Å². The number of halogens is 3. The summed E-state index contributed by atoms with van der Waals surface area (Å²) in [6.45, 7) is 2.59. The molecule has 1 atom stereocenters. The Morgan fingerprint density at radius 1 is 1.05 bits per heavy atom. The lowest BCUT2D eigenvalue weighted by atomic mass is 9.85. The Morgan fingerprint density at radius 3 is 2.26 bits per heavy atom. The van der Waals surface area contributed by atoms with Crippen LogP contribution >= 0.6 is 0 Å². The molecule has 0 heterocycles. The largest absolute Gasteiger partial charge is 0.421 e. The number of aryl methyl sites for hydroxylation is 1. The molecule has 0 radical (unpaired) electrons. The van der Waals surface area contributed by atoms with Gasteiger partial charge in [0, 0.05) is 5.56 Å². The normalized spacial score (nSPS) is 15.5. The fraction of sp³-hybridized carbons (Fsp3) is 0.333. The molecule has 102 valence electrons. The molecule has 0 aliphatic heterocycles. The highest BCUT2D eigenvalue weighted by Crippen LogP contribution is 2.43. The lowest BCUT2D eigenvalue weighted by molar-refractivity contribution is -0.258. The molecule has 0 aliphatic rings. The molecule has 1 N–H and O–H groups in total. The molecule has 0 saturated carbocycles. The Morgan fingerprint density at radius 2 is 1.68 bits per heavy atom. The Bertz CT molecular complexity index is 600. The molecule has 0 bridgehead atoms. The van der Waals surface area contributed by atoms with E-state index in [4.69, 9.17) is 0 Å². The average molecular weight is 268 g/mol. The van der Waals surface area contributed by atoms with E-state index >= 15 is 0 Å². The number of rotatable bonds is 2. The fourth-order valence-corrected chi connectivity index (χ4v) is 2.33. The highest BCUT2D eigenvalue weighted by Gasteiger charge is 2.52. The van der Waals surface area contributed by atoms with Gasteiger partial charge in [0.05, 0.1) is 0 Å². The first-order chi connectivity index (χ1) is 8.79. The maximum absolute atomic E-state index is 13.1. The second-order valence-corrected chi connectivity index (χ2v) is 4.74. The molecule has 0 amide bonds. The molecule has 0 saturated heterocycles. The minimum absolute atomic E-state index is 0.0411. The van der Waals surface area contributed by atoms with E-state index in [0.29, 0.717) is 22.8 Å². The summed E-state index contributed by atoms with van der Waals surface area (Å²) in [4.78, 5) is 0. The van der Waals surface area contributed by atoms with Gasteiger partial charge in [-0.3, -0.25) is 0 Å². The minimum Gasteiger partial charge on any atom is -0.376 e. The summed E-state index contributed by atoms with van der Waals surface area (Å²) < 4.78 is 39.3. The standard InChI is InChI=1S/C15H15F3O/c1-3-10-8-9-11-6-4-5-7-12(11)13(10)14(2,19)15(16,17)18/h4-9,19H,3H2,1-2H3. The van der Waals surface area contributed by atoms with E-state index in [9.17, 15) is 18.3 Å². The summed E-state index contributed by atoms with van der Waals surface area (Å²) in [5, 5.41) is 11.1. The van der Waals surface area contributed by atoms with Crippen molar-refractivity contribution in [3.05, 3.63) is 47.5 Å². The van der Waals surface area contributed by atoms with E-state index in [1.54, 1.807) is 43.3 Å². The van der Waals surface area contributed by atoms with Crippen molar-refractivity contribution in [3.63, 3.8) is 0 Å². The van der Waals surface area contributed by atoms with Gasteiger partial charge in [-0.1, -0.05) is 43.3 Å². The van der Waals surface area contributed by atoms with Crippen LogP contribution in [-0.4, -0.2) is 11.3 Å². The third kappa shape index (κ3) is 2.21. The van der Waals surface area contributed by atoms with Gasteiger partial charge in [-0.25, -0.2) is 0 Å². The lowest BCUT2D eigenvalue weighted by Gasteiger charge is -2.30. The first-order valence-electron chi connectivity index (χ1n) is 6.09. The van der Waals surface area contributed by atoms with Crippen molar-refractivity contribution in [1.82, 2.24) is 0 Å². The number of hydrogen-bond donors (Lipinski definition) is 1. The molecular weight excluding hydrogens is 253 g/mol. The summed E-state index contributed by atoms with van der Waals surface area (Å²) in [6.07, 6.45) is -4.27. The Labute approximate surface area is 109 Å². The van der Waals surface area contributed by atoms with E-state index in [1.165, 1.54) is 0 Å². The van der Waals surface area contributed by atoms with Crippen LogP contribution < -0.4 is 0 Å². The van der Waals surface area contributed by atoms with Crippen LogP contribution in [0.1, 0.15) is 25.0 Å². The van der Waals surface area contributed by atoms with Crippen LogP contribution in [0.2, 0.25) is 0 Å². The Hall–Kier alpha value is -1.55. The molecule has 0 aliphatic carbocycles. The van der Waals surface area contributed by atoms with Crippen molar-refractivity contribution in [2.45, 2.75) is 32.0 Å². The molecule has 2 aromatic carbocycles. The number of hydrogen-bond acceptors (Lipinski definition) is 1. The molecule has 2 aromatic rings. The van der Waals surface area contributed by atoms with Crippen LogP contribution in [-0.2, 0) is 12.0 Å². The lowest BCUT2D eigenvalue weighted by Crippen LogP contribution is -2.40. The Kier molecular flexibility index (Phi) is 3.31. The Balaban J connectivity index is 2.83. The molecule has 1 nitrogen and oxygen atoms in total. The maximum atomic E-state index is 13.1. The summed E-state index contributed by atoms with van der Waals surface area (Å²) >= 11 is 0. The fourth-order valence-electron chi connectivity index (χ4n) is 2.33. The number of fused-ring (bicyclic) bond motifs is 1. The first kappa shape index (κ1) is 13.9. The van der Waals surface area contributed by atoms with E-state index < -0.39 is 11.8 Å². The second-order valence-electron chi connectivity index (χ2n) is 4.74. The van der Waals surface area contributed by atoms with Gasteiger partial charge in [-0.2, -0.15) is 13.2 Å². The van der Waals surface area contributed by atoms with Crippen LogP contribution in [0.15, 0.2) is 36.4 Å². The van der Waals surface area contributed by atoms with Crippen molar-refractivity contribution in [2.24, 2.45) is 0 Å². The topological polar surface area (TPSA) is 20.2 Å². The summed E-state index contributed by atoms with van der Waals surface area (Å²) in [5.41, 5.74) is -2.37. The number of aliphatic hydroxyl groups is 1. The van der Waals surface area contributed by atoms with Gasteiger partial charge >= 0.3 is 6.18 Å². The van der Waals surface area contributed by atoms with Gasteiger partial charge in [0.1, 0.15) is 0 Å². The molecule has 19 heavy (non-hydrogen) atoms. The van der Waals surface area contributed by atoms with E-state index in [0.717, 1.165) is 6.92 Å². The molecule has 1 unspecified atom stereocenters. The van der Waals surface area contributed by atoms with E-state index in [2.05, 4.69) is 0 Å². The highest BCUT2D eigenvalue weighted by atomic mass is 19.4. The van der Waals surface area contributed by atoms with Crippen molar-refractivity contribution in [3.8, 4) is 0 Å². The van der Waals surface area contributed by atoms with Gasteiger partial charge in [0.25, 0.3) is 0 Å². The zero-order valence-electron chi connectivity index (χ0n) is 10.8. The predicted molar refractivity (Wildman–Crippen MR) is 69.0 cm³/mol. The van der Waals surface area contributed by atoms with E-state index in [1.807, 2.05) is 0 Å². The third-order valence-electron chi connectivity index (χ3n) is 3.44. The monoisotopic (exact) mass is 268 g/mol. The first-order valence-corrected chi connectivity index (χ1v) is 6.09. The average Bonchev–Trinajstić information content (AvgIpc) is 2.35. The van der Waals surface area contributed by atoms with Crippen molar-refractivity contribution in [1.29, 1.82) is 0 Å². The maximum Gasteiger partial charge on any atom is 0.421 e. The minimum atomic E-state index is -4.71. The smallest absolute Gasteiger partial charge is 0.376 e. The zero-order valence-corrected chi connectivity index (χ0v) is 10.8. The van der Waals surface area contributed by atoms with Gasteiger partial charge in [0.2, 0.25) is 0 Å². The zero-order chi connectivity index (χ0) is 14.3. The van der Waals surface area contributed by atoms with Gasteiger partial charge in [-0.15, -0.1) is 0 Å². The molecule has 0 aromatic heterocycles. The van der Waals surface area contributed by atoms with Crippen LogP contribution in [0.25, 0.3) is 10.8 Å². The summed E-state index contributed by atoms with van der Waals surface area (Å²) in [7, 11) is 0. The number of alkyl halides is 3. The molecular formula is C15H15F3O. The van der Waals surface area contributed by atoms with Crippen molar-refractivity contribution >= 4 is 10.8 Å². The second kappa shape index (κ2) is 4.53. The van der Waals surface area contributed by atoms with Crippen molar-refractivity contribution < 1.29 is 18.3 Å². The third-order valence-corrected chi connectivity index (χ3v) is 3.44. The SMILES string of the molecule is CCc1ccc2ccccc2c1C(C)(O)C(F)(F)F. The van der Waals surface area contributed by atoms with Crippen LogP contribution in [0.5, 0.6) is 0 Å². The van der Waals surface area contributed by atoms with Crippen LogP contribution in [0, 0.1) is 0 Å². The van der Waals surface area contributed by atoms with Crippen molar-refractivity contribution in [2.75, 3.05) is 0 Å². The van der Waals surface area contributed by atoms with Gasteiger partial charge < -0.3 is 5.11 Å². The summed E-state index contributed by atoms with van der Waals surface area (Å²) in [5.74, 6) is 0. The molecule has 0 spiro atoms. The predicted octanol–water partition coefficient (Wildman–Crippen LogP) is 4.17. The number of benzene rings is 2.